The molecule has 1 rings (SSSR count). The van der Waals surface area contributed by atoms with Gasteiger partial charge in [0.1, 0.15) is 4.66 Å². The number of nitrogens with one attached hydrogen (secondary N) is 1. The number of hydrogen-bond donors (Lipinski definition) is 1. The van der Waals surface area contributed by atoms with Crippen molar-refractivity contribution < 1.29 is 8.42 Å². The Hall–Kier alpha value is -0.400. The molecule has 7 heteroatoms. The summed E-state index contributed by atoms with van der Waals surface area (Å²) in [5, 5.41) is 4.11. The smallest absolute Gasteiger partial charge is 0.221 e. The van der Waals surface area contributed by atoms with Crippen LogP contribution in [0.3, 0.4) is 0 Å². The van der Waals surface area contributed by atoms with Crippen LogP contribution in [-0.4, -0.2) is 22.9 Å². The van der Waals surface area contributed by atoms with Crippen molar-refractivity contribution in [2.75, 3.05) is 4.66 Å². The SMILES string of the molecule is Cc1nn(C)cc1CNS(=O)(=O)CBr. The first-order chi connectivity index (χ1) is 6.44. The molecule has 0 bridgehead atoms. The van der Waals surface area contributed by atoms with Crippen molar-refractivity contribution in [1.29, 1.82) is 0 Å². The molecule has 0 saturated heterocycles. The molecule has 0 aromatic carbocycles. The Morgan fingerprint density at radius 1 is 1.64 bits per heavy atom. The number of nitrogens with zero attached hydrogens (tertiary/aromatic N) is 2. The van der Waals surface area contributed by atoms with Gasteiger partial charge < -0.3 is 0 Å². The van der Waals surface area contributed by atoms with Gasteiger partial charge in [-0.25, -0.2) is 13.1 Å². The molecule has 80 valence electrons. The Morgan fingerprint density at radius 3 is 2.71 bits per heavy atom. The van der Waals surface area contributed by atoms with Crippen LogP contribution in [0.25, 0.3) is 0 Å². The summed E-state index contributed by atoms with van der Waals surface area (Å²) >= 11 is 2.90. The maximum atomic E-state index is 11.1. The van der Waals surface area contributed by atoms with Crippen molar-refractivity contribution in [3.63, 3.8) is 0 Å². The third kappa shape index (κ3) is 3.07. The summed E-state index contributed by atoms with van der Waals surface area (Å²) in [7, 11) is -1.39. The number of alkyl halides is 1. The minimum absolute atomic E-state index is 0.0840. The Kier molecular flexibility index (Phi) is 3.68. The molecule has 0 saturated carbocycles. The van der Waals surface area contributed by atoms with Crippen LogP contribution in [0.5, 0.6) is 0 Å². The molecular weight excluding hydrogens is 270 g/mol. The topological polar surface area (TPSA) is 64.0 Å². The molecule has 14 heavy (non-hydrogen) atoms. The largest absolute Gasteiger partial charge is 0.275 e. The quantitative estimate of drug-likeness (QED) is 0.818. The Balaban J connectivity index is 2.67. The van der Waals surface area contributed by atoms with Crippen LogP contribution in [-0.2, 0) is 23.6 Å². The summed E-state index contributed by atoms with van der Waals surface area (Å²) < 4.78 is 26.2. The number of rotatable bonds is 4. The first-order valence-corrected chi connectivity index (χ1v) is 6.74. The predicted molar refractivity (Wildman–Crippen MR) is 57.5 cm³/mol. The van der Waals surface area contributed by atoms with Gasteiger partial charge in [-0.3, -0.25) is 4.68 Å². The molecule has 0 unspecified atom stereocenters. The third-order valence-corrected chi connectivity index (χ3v) is 4.42. The molecule has 1 N–H and O–H groups in total. The van der Waals surface area contributed by atoms with E-state index in [1.807, 2.05) is 6.92 Å². The molecular formula is C7H12BrN3O2S. The first kappa shape index (κ1) is 11.7. The number of sulfonamides is 1. The summed E-state index contributed by atoms with van der Waals surface area (Å²) in [6.45, 7) is 2.13. The molecule has 0 amide bonds. The van der Waals surface area contributed by atoms with Crippen molar-refractivity contribution in [1.82, 2.24) is 14.5 Å². The van der Waals surface area contributed by atoms with Crippen molar-refractivity contribution in [3.05, 3.63) is 17.5 Å². The molecule has 0 aliphatic carbocycles. The minimum Gasteiger partial charge on any atom is -0.275 e. The highest BCUT2D eigenvalue weighted by Crippen LogP contribution is 2.04. The number of aromatic nitrogens is 2. The van der Waals surface area contributed by atoms with Gasteiger partial charge in [0.05, 0.1) is 5.69 Å². The van der Waals surface area contributed by atoms with E-state index in [0.29, 0.717) is 0 Å². The standard InChI is InChI=1S/C7H12BrN3O2S/c1-6-7(4-11(2)10-6)3-9-14(12,13)5-8/h4,9H,3,5H2,1-2H3. The van der Waals surface area contributed by atoms with Crippen LogP contribution < -0.4 is 4.72 Å². The molecule has 1 aromatic heterocycles. The van der Waals surface area contributed by atoms with E-state index < -0.39 is 10.0 Å². The van der Waals surface area contributed by atoms with Crippen molar-refractivity contribution >= 4 is 26.0 Å². The first-order valence-electron chi connectivity index (χ1n) is 3.97. The number of aryl methyl sites for hydroxylation is 2. The second kappa shape index (κ2) is 4.41. The number of halogens is 1. The van der Waals surface area contributed by atoms with Gasteiger partial charge in [-0.1, -0.05) is 15.9 Å². The normalized spacial score (nSPS) is 11.9. The molecule has 0 atom stereocenters. The van der Waals surface area contributed by atoms with E-state index in [1.165, 1.54) is 0 Å². The lowest BCUT2D eigenvalue weighted by Gasteiger charge is -2.01. The van der Waals surface area contributed by atoms with Crippen LogP contribution in [0.1, 0.15) is 11.3 Å². The Bertz CT molecular complexity index is 413. The van der Waals surface area contributed by atoms with Gasteiger partial charge >= 0.3 is 0 Å². The summed E-state index contributed by atoms with van der Waals surface area (Å²) in [6, 6.07) is 0. The third-order valence-electron chi connectivity index (χ3n) is 1.74. The van der Waals surface area contributed by atoms with E-state index in [0.717, 1.165) is 11.3 Å². The zero-order chi connectivity index (χ0) is 10.8. The molecule has 5 nitrogen and oxygen atoms in total. The van der Waals surface area contributed by atoms with Crippen LogP contribution >= 0.6 is 15.9 Å². The second-order valence-corrected chi connectivity index (χ2v) is 6.07. The minimum atomic E-state index is -3.20. The summed E-state index contributed by atoms with van der Waals surface area (Å²) in [5.74, 6) is 0. The van der Waals surface area contributed by atoms with E-state index >= 15 is 0 Å². The van der Waals surface area contributed by atoms with Gasteiger partial charge in [0, 0.05) is 25.4 Å². The molecule has 1 aromatic rings. The van der Waals surface area contributed by atoms with Crippen LogP contribution in [0.15, 0.2) is 6.20 Å². The van der Waals surface area contributed by atoms with Gasteiger partial charge in [0.15, 0.2) is 0 Å². The summed E-state index contributed by atoms with van der Waals surface area (Å²) in [6.07, 6.45) is 1.80. The molecule has 0 radical (unpaired) electrons. The lowest BCUT2D eigenvalue weighted by atomic mass is 10.3. The Labute approximate surface area is 91.7 Å². The van der Waals surface area contributed by atoms with Crippen molar-refractivity contribution in [2.45, 2.75) is 13.5 Å². The predicted octanol–water partition coefficient (Wildman–Crippen LogP) is 0.500. The zero-order valence-corrected chi connectivity index (χ0v) is 10.4. The van der Waals surface area contributed by atoms with E-state index in [4.69, 9.17) is 0 Å². The van der Waals surface area contributed by atoms with Gasteiger partial charge in [0.25, 0.3) is 0 Å². The van der Waals surface area contributed by atoms with Crippen LogP contribution in [0.4, 0.5) is 0 Å². The monoisotopic (exact) mass is 281 g/mol. The summed E-state index contributed by atoms with van der Waals surface area (Å²) in [5.41, 5.74) is 1.72. The van der Waals surface area contributed by atoms with E-state index in [9.17, 15) is 8.42 Å². The fourth-order valence-corrected chi connectivity index (χ4v) is 1.99. The maximum absolute atomic E-state index is 11.1. The molecule has 0 aliphatic rings. The maximum Gasteiger partial charge on any atom is 0.221 e. The average molecular weight is 282 g/mol. The molecule has 0 aliphatic heterocycles. The van der Waals surface area contributed by atoms with E-state index in [1.54, 1.807) is 17.9 Å². The highest BCUT2D eigenvalue weighted by Gasteiger charge is 2.09. The summed E-state index contributed by atoms with van der Waals surface area (Å²) in [4.78, 5) is 0. The van der Waals surface area contributed by atoms with Crippen LogP contribution in [0, 0.1) is 6.92 Å². The van der Waals surface area contributed by atoms with E-state index in [2.05, 4.69) is 25.8 Å². The van der Waals surface area contributed by atoms with Gasteiger partial charge in [0.2, 0.25) is 10.0 Å². The zero-order valence-electron chi connectivity index (χ0n) is 7.99. The Morgan fingerprint density at radius 2 is 2.29 bits per heavy atom. The lowest BCUT2D eigenvalue weighted by Crippen LogP contribution is -2.23. The van der Waals surface area contributed by atoms with Gasteiger partial charge in [-0.2, -0.15) is 5.10 Å². The van der Waals surface area contributed by atoms with Crippen LogP contribution in [0.2, 0.25) is 0 Å². The fourth-order valence-electron chi connectivity index (χ4n) is 1.05. The average Bonchev–Trinajstić information content (AvgIpc) is 2.42. The number of hydrogen-bond acceptors (Lipinski definition) is 3. The lowest BCUT2D eigenvalue weighted by molar-refractivity contribution is 0.586. The van der Waals surface area contributed by atoms with Gasteiger partial charge in [-0.15, -0.1) is 0 Å². The highest BCUT2D eigenvalue weighted by atomic mass is 79.9. The van der Waals surface area contributed by atoms with E-state index in [-0.39, 0.29) is 11.2 Å². The van der Waals surface area contributed by atoms with Crippen molar-refractivity contribution in [2.24, 2.45) is 7.05 Å². The highest BCUT2D eigenvalue weighted by molar-refractivity contribution is 9.10. The van der Waals surface area contributed by atoms with Crippen molar-refractivity contribution in [3.8, 4) is 0 Å². The molecule has 1 heterocycles. The molecule has 0 fully saturated rings. The van der Waals surface area contributed by atoms with Gasteiger partial charge in [-0.05, 0) is 6.92 Å². The molecule has 0 spiro atoms. The second-order valence-electron chi connectivity index (χ2n) is 2.96. The fraction of sp³-hybridized carbons (Fsp3) is 0.571.